The minimum absolute atomic E-state index is 0.0856. The summed E-state index contributed by atoms with van der Waals surface area (Å²) in [5.41, 5.74) is 21.9. The van der Waals surface area contributed by atoms with E-state index in [0.29, 0.717) is 6.54 Å². The van der Waals surface area contributed by atoms with Crippen molar-refractivity contribution >= 4 is 17.5 Å². The van der Waals surface area contributed by atoms with Gasteiger partial charge in [0.2, 0.25) is 11.8 Å². The summed E-state index contributed by atoms with van der Waals surface area (Å²) in [5.74, 6) is -0.315. The van der Waals surface area contributed by atoms with Gasteiger partial charge in [0, 0.05) is 13.0 Å². The summed E-state index contributed by atoms with van der Waals surface area (Å²) < 4.78 is 0. The second-order valence-corrected chi connectivity index (χ2v) is 6.19. The molecule has 0 aliphatic rings. The van der Waals surface area contributed by atoms with Gasteiger partial charge in [-0.15, -0.1) is 0 Å². The van der Waals surface area contributed by atoms with Gasteiger partial charge < -0.3 is 17.2 Å². The summed E-state index contributed by atoms with van der Waals surface area (Å²) in [4.78, 5) is 18.6. The largest absolute Gasteiger partial charge is 0.378 e. The summed E-state index contributed by atoms with van der Waals surface area (Å²) in [5, 5.41) is 11.4. The average Bonchev–Trinajstić information content (AvgIpc) is 2.62. The number of hydrogen-bond acceptors (Lipinski definition) is 7. The van der Waals surface area contributed by atoms with Crippen LogP contribution in [0.2, 0.25) is 0 Å². The van der Waals surface area contributed by atoms with Gasteiger partial charge in [0.1, 0.15) is 5.69 Å². The Morgan fingerprint density at radius 2 is 1.85 bits per heavy atom. The van der Waals surface area contributed by atoms with Crippen molar-refractivity contribution in [1.29, 1.82) is 0 Å². The number of benzene rings is 2. The molecule has 6 N–H and O–H groups in total. The van der Waals surface area contributed by atoms with E-state index in [4.69, 9.17) is 17.2 Å². The number of nitrogen functional groups attached to an aromatic ring is 2. The fourth-order valence-electron chi connectivity index (χ4n) is 3.10. The molecule has 27 heavy (non-hydrogen) atoms. The lowest BCUT2D eigenvalue weighted by Gasteiger charge is -2.13. The highest BCUT2D eigenvalue weighted by Crippen LogP contribution is 2.30. The Kier molecular flexibility index (Phi) is 5.00. The van der Waals surface area contributed by atoms with Crippen LogP contribution in [0.4, 0.5) is 17.5 Å². The zero-order valence-corrected chi connectivity index (χ0v) is 14.8. The maximum Gasteiger partial charge on any atom is 0.332 e. The Labute approximate surface area is 156 Å². The van der Waals surface area contributed by atoms with E-state index in [1.54, 1.807) is 0 Å². The molecule has 0 saturated heterocycles. The highest BCUT2D eigenvalue weighted by molar-refractivity contribution is 5.69. The predicted molar refractivity (Wildman–Crippen MR) is 105 cm³/mol. The molecule has 0 saturated carbocycles. The SMILES string of the molecule is Cc1c(Cc2nc(N)nc(N)c2[N+](=O)[O-])cccc1-c1cccc(CN)c1. The molecule has 0 amide bonds. The van der Waals surface area contributed by atoms with Gasteiger partial charge in [0.15, 0.2) is 0 Å². The number of aromatic nitrogens is 2. The lowest BCUT2D eigenvalue weighted by Crippen LogP contribution is -2.09. The van der Waals surface area contributed by atoms with E-state index in [0.717, 1.165) is 27.8 Å². The maximum atomic E-state index is 11.4. The molecule has 0 bridgehead atoms. The third-order valence-corrected chi connectivity index (χ3v) is 4.46. The van der Waals surface area contributed by atoms with Crippen molar-refractivity contribution in [2.45, 2.75) is 19.9 Å². The predicted octanol–water partition coefficient (Wildman–Crippen LogP) is 2.57. The van der Waals surface area contributed by atoms with Crippen molar-refractivity contribution in [3.05, 3.63) is 75.0 Å². The summed E-state index contributed by atoms with van der Waals surface area (Å²) in [6.45, 7) is 2.43. The van der Waals surface area contributed by atoms with E-state index in [1.807, 2.05) is 49.4 Å². The van der Waals surface area contributed by atoms with E-state index in [9.17, 15) is 10.1 Å². The molecule has 8 heteroatoms. The summed E-state index contributed by atoms with van der Waals surface area (Å²) in [6.07, 6.45) is 0.226. The summed E-state index contributed by atoms with van der Waals surface area (Å²) in [7, 11) is 0. The van der Waals surface area contributed by atoms with Crippen LogP contribution in [0.15, 0.2) is 42.5 Å². The molecule has 0 spiro atoms. The van der Waals surface area contributed by atoms with E-state index < -0.39 is 4.92 Å². The van der Waals surface area contributed by atoms with Crippen LogP contribution in [0.25, 0.3) is 11.1 Å². The molecule has 0 atom stereocenters. The molecule has 3 aromatic rings. The molecule has 3 rings (SSSR count). The van der Waals surface area contributed by atoms with Crippen LogP contribution in [0.3, 0.4) is 0 Å². The van der Waals surface area contributed by atoms with Crippen LogP contribution in [-0.2, 0) is 13.0 Å². The molecule has 8 nitrogen and oxygen atoms in total. The molecule has 1 aromatic heterocycles. The first-order valence-corrected chi connectivity index (χ1v) is 8.34. The molecule has 0 fully saturated rings. The molecule has 1 heterocycles. The van der Waals surface area contributed by atoms with Gasteiger partial charge in [-0.25, -0.2) is 4.98 Å². The average molecular weight is 364 g/mol. The third-order valence-electron chi connectivity index (χ3n) is 4.46. The maximum absolute atomic E-state index is 11.4. The Bertz CT molecular complexity index is 1020. The van der Waals surface area contributed by atoms with E-state index in [-0.39, 0.29) is 29.6 Å². The van der Waals surface area contributed by atoms with Gasteiger partial charge in [-0.1, -0.05) is 36.4 Å². The smallest absolute Gasteiger partial charge is 0.332 e. The van der Waals surface area contributed by atoms with Crippen molar-refractivity contribution in [2.75, 3.05) is 11.5 Å². The van der Waals surface area contributed by atoms with Gasteiger partial charge in [0.05, 0.1) is 4.92 Å². The zero-order chi connectivity index (χ0) is 19.6. The lowest BCUT2D eigenvalue weighted by molar-refractivity contribution is -0.385. The Morgan fingerprint density at radius 3 is 2.56 bits per heavy atom. The normalized spacial score (nSPS) is 10.7. The van der Waals surface area contributed by atoms with Crippen LogP contribution in [-0.4, -0.2) is 14.9 Å². The number of anilines is 2. The standard InChI is InChI=1S/C19H20N6O2/c1-11-13(9-16-17(25(26)27)18(21)24-19(22)23-16)5-3-7-15(11)14-6-2-4-12(8-14)10-20/h2-8H,9-10,20H2,1H3,(H4,21,22,23,24). The minimum atomic E-state index is -0.575. The highest BCUT2D eigenvalue weighted by atomic mass is 16.6. The summed E-state index contributed by atoms with van der Waals surface area (Å²) in [6, 6.07) is 13.8. The highest BCUT2D eigenvalue weighted by Gasteiger charge is 2.23. The second-order valence-electron chi connectivity index (χ2n) is 6.19. The van der Waals surface area contributed by atoms with Crippen molar-refractivity contribution < 1.29 is 4.92 Å². The molecule has 138 valence electrons. The number of nitro groups is 1. The second kappa shape index (κ2) is 7.38. The first-order chi connectivity index (χ1) is 12.9. The van der Waals surface area contributed by atoms with Gasteiger partial charge >= 0.3 is 5.69 Å². The van der Waals surface area contributed by atoms with Crippen molar-refractivity contribution in [3.63, 3.8) is 0 Å². The molecule has 0 aliphatic carbocycles. The Balaban J connectivity index is 2.06. The quantitative estimate of drug-likeness (QED) is 0.465. The van der Waals surface area contributed by atoms with Crippen LogP contribution >= 0.6 is 0 Å². The monoisotopic (exact) mass is 364 g/mol. The Hall–Kier alpha value is -3.52. The first-order valence-electron chi connectivity index (χ1n) is 8.34. The number of nitrogens with two attached hydrogens (primary N) is 3. The van der Waals surface area contributed by atoms with Gasteiger partial charge in [0.25, 0.3) is 0 Å². The van der Waals surface area contributed by atoms with E-state index in [2.05, 4.69) is 9.97 Å². The first kappa shape index (κ1) is 18.3. The van der Waals surface area contributed by atoms with Crippen LogP contribution < -0.4 is 17.2 Å². The summed E-state index contributed by atoms with van der Waals surface area (Å²) >= 11 is 0. The van der Waals surface area contributed by atoms with E-state index >= 15 is 0 Å². The van der Waals surface area contributed by atoms with Gasteiger partial charge in [-0.05, 0) is 40.8 Å². The third kappa shape index (κ3) is 3.70. The molecular weight excluding hydrogens is 344 g/mol. The van der Waals surface area contributed by atoms with E-state index in [1.165, 1.54) is 0 Å². The van der Waals surface area contributed by atoms with Gasteiger partial charge in [-0.3, -0.25) is 10.1 Å². The number of rotatable bonds is 5. The van der Waals surface area contributed by atoms with Crippen LogP contribution in [0.5, 0.6) is 0 Å². The number of nitrogens with zero attached hydrogens (tertiary/aromatic N) is 3. The molecule has 2 aromatic carbocycles. The van der Waals surface area contributed by atoms with Crippen molar-refractivity contribution in [3.8, 4) is 11.1 Å². The Morgan fingerprint density at radius 1 is 1.11 bits per heavy atom. The molecule has 0 radical (unpaired) electrons. The van der Waals surface area contributed by atoms with Gasteiger partial charge in [-0.2, -0.15) is 4.98 Å². The topological polar surface area (TPSA) is 147 Å². The molecule has 0 aliphatic heterocycles. The van der Waals surface area contributed by atoms with Crippen molar-refractivity contribution in [2.24, 2.45) is 5.73 Å². The lowest BCUT2D eigenvalue weighted by atomic mass is 9.93. The van der Waals surface area contributed by atoms with Crippen molar-refractivity contribution in [1.82, 2.24) is 9.97 Å². The van der Waals surface area contributed by atoms with Crippen LogP contribution in [0.1, 0.15) is 22.4 Å². The fraction of sp³-hybridized carbons (Fsp3) is 0.158. The fourth-order valence-corrected chi connectivity index (χ4v) is 3.10. The molecular formula is C19H20N6O2. The number of hydrogen-bond donors (Lipinski definition) is 3. The minimum Gasteiger partial charge on any atom is -0.378 e. The zero-order valence-electron chi connectivity index (χ0n) is 14.8. The molecule has 0 unspecified atom stereocenters. The van der Waals surface area contributed by atoms with Crippen LogP contribution in [0, 0.1) is 17.0 Å².